The number of hydrogen-bond donors (Lipinski definition) is 0. The largest absolute Gasteiger partial charge is 0.311 e. The topological polar surface area (TPSA) is 43.1 Å². The van der Waals surface area contributed by atoms with Crippen LogP contribution >= 0.6 is 66.7 Å². The number of halogens is 5. The third-order valence-electron chi connectivity index (χ3n) is 0.735. The lowest BCUT2D eigenvalue weighted by molar-refractivity contribution is -0.419. The summed E-state index contributed by atoms with van der Waals surface area (Å²) in [7, 11) is 0. The Morgan fingerprint density at radius 3 is 1.75 bits per heavy atom. The molecule has 68 valence electrons. The molecule has 0 rings (SSSR count). The Kier molecular flexibility index (Phi) is 5.76. The van der Waals surface area contributed by atoms with Crippen LogP contribution in [0.5, 0.6) is 0 Å². The zero-order valence-electron chi connectivity index (χ0n) is 5.15. The van der Waals surface area contributed by atoms with E-state index in [1.165, 1.54) is 0 Å². The molecule has 0 amide bonds. The molecule has 0 bridgehead atoms. The van der Waals surface area contributed by atoms with Crippen LogP contribution in [-0.4, -0.2) is 4.92 Å². The summed E-state index contributed by atoms with van der Waals surface area (Å²) in [5.74, 6) is 0. The van der Waals surface area contributed by atoms with Gasteiger partial charge in [-0.1, -0.05) is 34.8 Å². The molecule has 0 heterocycles. The Morgan fingerprint density at radius 2 is 1.67 bits per heavy atom. The van der Waals surface area contributed by atoms with E-state index in [2.05, 4.69) is 31.9 Å². The first kappa shape index (κ1) is 12.7. The summed E-state index contributed by atoms with van der Waals surface area (Å²) >= 11 is 21.6. The van der Waals surface area contributed by atoms with Crippen molar-refractivity contribution in [2.45, 2.75) is 0 Å². The fraction of sp³-hybridized carbons (Fsp3) is 0. The second-order valence-corrected chi connectivity index (χ2v) is 5.42. The van der Waals surface area contributed by atoms with Crippen molar-refractivity contribution in [2.75, 3.05) is 0 Å². The molecule has 12 heavy (non-hydrogen) atoms. The van der Waals surface area contributed by atoms with Crippen LogP contribution in [0.15, 0.2) is 18.6 Å². The van der Waals surface area contributed by atoms with E-state index >= 15 is 0 Å². The van der Waals surface area contributed by atoms with E-state index in [9.17, 15) is 10.1 Å². The Labute approximate surface area is 99.8 Å². The number of allylic oxidation sites excluding steroid dienone is 1. The molecule has 0 spiro atoms. The Bertz CT molecular complexity index is 267. The van der Waals surface area contributed by atoms with Crippen LogP contribution in [0.4, 0.5) is 0 Å². The van der Waals surface area contributed by atoms with Gasteiger partial charge in [0.25, 0.3) is 0 Å². The van der Waals surface area contributed by atoms with Crippen molar-refractivity contribution in [1.82, 2.24) is 0 Å². The van der Waals surface area contributed by atoms with Crippen molar-refractivity contribution in [3.05, 3.63) is 28.7 Å². The molecular formula is C4Br2Cl3NO2. The maximum absolute atomic E-state index is 10.3. The van der Waals surface area contributed by atoms with Gasteiger partial charge in [0.1, 0.15) is 7.88 Å². The number of nitro groups is 1. The number of rotatable bonds is 2. The number of hydrogen-bond acceptors (Lipinski definition) is 2. The first-order chi connectivity index (χ1) is 5.37. The quantitative estimate of drug-likeness (QED) is 0.423. The Morgan fingerprint density at radius 1 is 1.25 bits per heavy atom. The second-order valence-electron chi connectivity index (χ2n) is 1.44. The van der Waals surface area contributed by atoms with Crippen LogP contribution in [-0.2, 0) is 0 Å². The lowest BCUT2D eigenvalue weighted by Gasteiger charge is -1.96. The molecular weight excluding hydrogens is 360 g/mol. The molecule has 0 aromatic carbocycles. The highest BCUT2D eigenvalue weighted by Gasteiger charge is 2.22. The van der Waals surface area contributed by atoms with Gasteiger partial charge in [0.05, 0.1) is 4.92 Å². The molecule has 0 unspecified atom stereocenters. The highest BCUT2D eigenvalue weighted by molar-refractivity contribution is 9.28. The molecule has 0 aliphatic rings. The Hall–Kier alpha value is 0.710. The van der Waals surface area contributed by atoms with Crippen molar-refractivity contribution < 1.29 is 4.92 Å². The van der Waals surface area contributed by atoms with Gasteiger partial charge in [0.2, 0.25) is 0 Å². The van der Waals surface area contributed by atoms with Gasteiger partial charge in [-0.05, 0) is 31.9 Å². The highest BCUT2D eigenvalue weighted by Crippen LogP contribution is 2.31. The normalized spacial score (nSPS) is 9.08. The SMILES string of the molecule is O=[N+]([O-])C(=C(Br)Br)C(Cl)=C(Cl)Cl. The van der Waals surface area contributed by atoms with E-state index in [4.69, 9.17) is 34.8 Å². The van der Waals surface area contributed by atoms with E-state index in [1.807, 2.05) is 0 Å². The van der Waals surface area contributed by atoms with Crippen molar-refractivity contribution in [3.8, 4) is 0 Å². The van der Waals surface area contributed by atoms with Crippen LogP contribution in [0.2, 0.25) is 0 Å². The second kappa shape index (κ2) is 5.44. The van der Waals surface area contributed by atoms with Crippen LogP contribution in [0.3, 0.4) is 0 Å². The highest BCUT2D eigenvalue weighted by atomic mass is 79.9. The minimum atomic E-state index is -0.716. The molecule has 8 heteroatoms. The summed E-state index contributed by atoms with van der Waals surface area (Å²) in [5, 5.41) is 10.0. The molecule has 0 aliphatic carbocycles. The molecule has 0 radical (unpaired) electrons. The van der Waals surface area contributed by atoms with E-state index in [0.29, 0.717) is 0 Å². The maximum atomic E-state index is 10.3. The van der Waals surface area contributed by atoms with E-state index in [1.54, 1.807) is 0 Å². The molecule has 3 nitrogen and oxygen atoms in total. The van der Waals surface area contributed by atoms with Crippen LogP contribution in [0, 0.1) is 10.1 Å². The summed E-state index contributed by atoms with van der Waals surface area (Å²) in [5.41, 5.74) is -0.420. The molecule has 0 aromatic rings. The van der Waals surface area contributed by atoms with Gasteiger partial charge in [-0.25, -0.2) is 0 Å². The summed E-state index contributed by atoms with van der Waals surface area (Å²) < 4.78 is -0.288. The zero-order chi connectivity index (χ0) is 9.89. The first-order valence-corrected chi connectivity index (χ1v) is 5.00. The van der Waals surface area contributed by atoms with Gasteiger partial charge in [0.15, 0.2) is 5.03 Å². The summed E-state index contributed by atoms with van der Waals surface area (Å²) in [6.07, 6.45) is 0. The average molecular weight is 360 g/mol. The zero-order valence-corrected chi connectivity index (χ0v) is 10.6. The van der Waals surface area contributed by atoms with E-state index in [-0.39, 0.29) is 12.9 Å². The minimum Gasteiger partial charge on any atom is -0.258 e. The van der Waals surface area contributed by atoms with Crippen molar-refractivity contribution in [1.29, 1.82) is 0 Å². The van der Waals surface area contributed by atoms with E-state index in [0.717, 1.165) is 0 Å². The molecule has 0 saturated carbocycles. The smallest absolute Gasteiger partial charge is 0.258 e. The average Bonchev–Trinajstić information content (AvgIpc) is 1.85. The van der Waals surface area contributed by atoms with Gasteiger partial charge in [-0.3, -0.25) is 10.1 Å². The molecule has 0 aliphatic heterocycles. The monoisotopic (exact) mass is 357 g/mol. The summed E-state index contributed by atoms with van der Waals surface area (Å²) in [6.45, 7) is 0. The third kappa shape index (κ3) is 3.62. The fourth-order valence-electron chi connectivity index (χ4n) is 0.322. The minimum absolute atomic E-state index is 0.0730. The standard InChI is InChI=1S/C4Br2Cl3NO2/c5-3(6)2(10(11)12)1(7)4(8)9. The van der Waals surface area contributed by atoms with Crippen LogP contribution < -0.4 is 0 Å². The third-order valence-corrected chi connectivity index (χ3v) is 2.43. The van der Waals surface area contributed by atoms with Gasteiger partial charge < -0.3 is 0 Å². The Balaban J connectivity index is 5.21. The molecule has 0 N–H and O–H groups in total. The maximum Gasteiger partial charge on any atom is 0.311 e. The summed E-state index contributed by atoms with van der Waals surface area (Å²) in [6, 6.07) is 0. The van der Waals surface area contributed by atoms with E-state index < -0.39 is 10.6 Å². The first-order valence-electron chi connectivity index (χ1n) is 2.28. The predicted octanol–water partition coefficient (Wildman–Crippen LogP) is 4.11. The molecule has 0 aromatic heterocycles. The van der Waals surface area contributed by atoms with Crippen molar-refractivity contribution >= 4 is 66.7 Å². The molecule has 0 fully saturated rings. The molecule has 0 atom stereocenters. The molecule has 0 saturated heterocycles. The van der Waals surface area contributed by atoms with Crippen molar-refractivity contribution in [2.24, 2.45) is 0 Å². The fourth-order valence-corrected chi connectivity index (χ4v) is 1.58. The summed E-state index contributed by atoms with van der Waals surface area (Å²) in [4.78, 5) is 9.62. The van der Waals surface area contributed by atoms with Gasteiger partial charge in [-0.2, -0.15) is 0 Å². The lowest BCUT2D eigenvalue weighted by atomic mass is 10.5. The van der Waals surface area contributed by atoms with Crippen molar-refractivity contribution in [3.63, 3.8) is 0 Å². The van der Waals surface area contributed by atoms with Gasteiger partial charge >= 0.3 is 5.70 Å². The lowest BCUT2D eigenvalue weighted by Crippen LogP contribution is -1.99. The van der Waals surface area contributed by atoms with Gasteiger partial charge in [-0.15, -0.1) is 0 Å². The predicted molar refractivity (Wildman–Crippen MR) is 56.5 cm³/mol. The van der Waals surface area contributed by atoms with Crippen LogP contribution in [0.25, 0.3) is 0 Å². The number of nitrogens with zero attached hydrogens (tertiary/aromatic N) is 1. The van der Waals surface area contributed by atoms with Gasteiger partial charge in [0, 0.05) is 0 Å². The van der Waals surface area contributed by atoms with Crippen LogP contribution in [0.1, 0.15) is 0 Å².